The van der Waals surface area contributed by atoms with Crippen molar-refractivity contribution in [3.05, 3.63) is 71.8 Å². The number of benzene rings is 2. The molecule has 0 atom stereocenters. The molecule has 0 aliphatic rings. The SMILES string of the molecule is O=CC=Cc1ccccc1C(=O)N(O)c1ccccc1. The van der Waals surface area contributed by atoms with Crippen LogP contribution in [0.25, 0.3) is 6.08 Å². The third-order valence-electron chi connectivity index (χ3n) is 2.74. The van der Waals surface area contributed by atoms with Gasteiger partial charge in [-0.2, -0.15) is 5.06 Å². The van der Waals surface area contributed by atoms with E-state index in [0.29, 0.717) is 28.2 Å². The number of hydroxylamine groups is 1. The second-order valence-corrected chi connectivity index (χ2v) is 4.03. The molecule has 0 aliphatic heterocycles. The van der Waals surface area contributed by atoms with E-state index in [-0.39, 0.29) is 0 Å². The lowest BCUT2D eigenvalue weighted by Crippen LogP contribution is -2.27. The van der Waals surface area contributed by atoms with Gasteiger partial charge < -0.3 is 0 Å². The van der Waals surface area contributed by atoms with Gasteiger partial charge in [0.25, 0.3) is 5.91 Å². The van der Waals surface area contributed by atoms with Gasteiger partial charge in [0.2, 0.25) is 0 Å². The van der Waals surface area contributed by atoms with Crippen molar-refractivity contribution in [1.29, 1.82) is 0 Å². The highest BCUT2D eigenvalue weighted by molar-refractivity contribution is 6.07. The Kier molecular flexibility index (Phi) is 4.42. The van der Waals surface area contributed by atoms with Crippen LogP contribution in [0.1, 0.15) is 15.9 Å². The first kappa shape index (κ1) is 13.7. The highest BCUT2D eigenvalue weighted by Gasteiger charge is 2.17. The van der Waals surface area contributed by atoms with Gasteiger partial charge in [0.05, 0.1) is 5.69 Å². The van der Waals surface area contributed by atoms with Crippen LogP contribution in [0.3, 0.4) is 0 Å². The molecule has 0 heterocycles. The zero-order chi connectivity index (χ0) is 14.4. The standard InChI is InChI=1S/C16H13NO3/c18-12-6-8-13-7-4-5-11-15(13)16(19)17(20)14-9-2-1-3-10-14/h1-12,20H. The Morgan fingerprint density at radius 3 is 2.35 bits per heavy atom. The number of anilines is 1. The zero-order valence-corrected chi connectivity index (χ0v) is 10.6. The Morgan fingerprint density at radius 2 is 1.65 bits per heavy atom. The molecule has 0 fully saturated rings. The molecular weight excluding hydrogens is 254 g/mol. The first-order valence-corrected chi connectivity index (χ1v) is 6.03. The molecule has 4 nitrogen and oxygen atoms in total. The Morgan fingerprint density at radius 1 is 1.00 bits per heavy atom. The lowest BCUT2D eigenvalue weighted by atomic mass is 10.1. The minimum absolute atomic E-state index is 0.317. The molecule has 100 valence electrons. The van der Waals surface area contributed by atoms with E-state index in [0.717, 1.165) is 0 Å². The van der Waals surface area contributed by atoms with Crippen molar-refractivity contribution >= 4 is 24.0 Å². The minimum atomic E-state index is -0.553. The topological polar surface area (TPSA) is 57.6 Å². The van der Waals surface area contributed by atoms with E-state index >= 15 is 0 Å². The maximum absolute atomic E-state index is 12.3. The number of aldehydes is 1. The van der Waals surface area contributed by atoms with Crippen LogP contribution >= 0.6 is 0 Å². The van der Waals surface area contributed by atoms with Gasteiger partial charge in [-0.25, -0.2) is 0 Å². The first-order chi connectivity index (χ1) is 9.74. The van der Waals surface area contributed by atoms with Crippen LogP contribution < -0.4 is 5.06 Å². The quantitative estimate of drug-likeness (QED) is 0.401. The minimum Gasteiger partial charge on any atom is -0.299 e. The second-order valence-electron chi connectivity index (χ2n) is 4.03. The van der Waals surface area contributed by atoms with E-state index in [1.165, 1.54) is 12.2 Å². The second kappa shape index (κ2) is 6.45. The number of nitrogens with zero attached hydrogens (tertiary/aromatic N) is 1. The molecule has 4 heteroatoms. The fourth-order valence-corrected chi connectivity index (χ4v) is 1.78. The Balaban J connectivity index is 2.34. The van der Waals surface area contributed by atoms with E-state index in [2.05, 4.69) is 0 Å². The predicted octanol–water partition coefficient (Wildman–Crippen LogP) is 2.93. The molecule has 1 N–H and O–H groups in total. The third kappa shape index (κ3) is 2.99. The molecule has 1 amide bonds. The van der Waals surface area contributed by atoms with Crippen LogP contribution in [0.4, 0.5) is 5.69 Å². The molecule has 2 aromatic carbocycles. The largest absolute Gasteiger partial charge is 0.299 e. The molecule has 2 aromatic rings. The smallest absolute Gasteiger partial charge is 0.282 e. The number of carbonyl (C=O) groups is 2. The predicted molar refractivity (Wildman–Crippen MR) is 76.6 cm³/mol. The Hall–Kier alpha value is -2.72. The number of carbonyl (C=O) groups excluding carboxylic acids is 2. The van der Waals surface area contributed by atoms with E-state index in [9.17, 15) is 14.8 Å². The summed E-state index contributed by atoms with van der Waals surface area (Å²) in [6.07, 6.45) is 3.46. The lowest BCUT2D eigenvalue weighted by molar-refractivity contribution is -0.104. The highest BCUT2D eigenvalue weighted by Crippen LogP contribution is 2.18. The molecule has 0 bridgehead atoms. The van der Waals surface area contributed by atoms with E-state index in [1.807, 2.05) is 0 Å². The van der Waals surface area contributed by atoms with Crippen LogP contribution in [-0.4, -0.2) is 17.4 Å². The Labute approximate surface area is 116 Å². The number of hydrogen-bond donors (Lipinski definition) is 1. The van der Waals surface area contributed by atoms with E-state index < -0.39 is 5.91 Å². The highest BCUT2D eigenvalue weighted by atomic mass is 16.5. The fraction of sp³-hybridized carbons (Fsp3) is 0. The monoisotopic (exact) mass is 267 g/mol. The maximum atomic E-state index is 12.3. The van der Waals surface area contributed by atoms with E-state index in [4.69, 9.17) is 0 Å². The molecule has 0 spiro atoms. The number of rotatable bonds is 4. The summed E-state index contributed by atoms with van der Waals surface area (Å²) in [6.45, 7) is 0. The van der Waals surface area contributed by atoms with Crippen molar-refractivity contribution in [2.45, 2.75) is 0 Å². The molecule has 0 radical (unpaired) electrons. The van der Waals surface area contributed by atoms with Crippen molar-refractivity contribution in [3.8, 4) is 0 Å². The van der Waals surface area contributed by atoms with Crippen LogP contribution in [0, 0.1) is 0 Å². The third-order valence-corrected chi connectivity index (χ3v) is 2.74. The summed E-state index contributed by atoms with van der Waals surface area (Å²) in [7, 11) is 0. The van der Waals surface area contributed by atoms with Crippen molar-refractivity contribution in [2.75, 3.05) is 5.06 Å². The lowest BCUT2D eigenvalue weighted by Gasteiger charge is -2.16. The maximum Gasteiger partial charge on any atom is 0.282 e. The van der Waals surface area contributed by atoms with Gasteiger partial charge in [0.1, 0.15) is 6.29 Å². The molecule has 0 saturated carbocycles. The number of allylic oxidation sites excluding steroid dienone is 1. The van der Waals surface area contributed by atoms with Crippen LogP contribution in [0.15, 0.2) is 60.7 Å². The zero-order valence-electron chi connectivity index (χ0n) is 10.6. The van der Waals surface area contributed by atoms with Gasteiger partial charge in [0.15, 0.2) is 0 Å². The molecule has 0 unspecified atom stereocenters. The van der Waals surface area contributed by atoms with Gasteiger partial charge in [-0.1, -0.05) is 42.5 Å². The van der Waals surface area contributed by atoms with Gasteiger partial charge in [-0.05, 0) is 29.8 Å². The molecule has 0 saturated heterocycles. The normalized spacial score (nSPS) is 10.4. The van der Waals surface area contributed by atoms with Crippen LogP contribution in [0.5, 0.6) is 0 Å². The van der Waals surface area contributed by atoms with Crippen molar-refractivity contribution in [2.24, 2.45) is 0 Å². The molecule has 0 aromatic heterocycles. The summed E-state index contributed by atoms with van der Waals surface area (Å²) in [5.74, 6) is -0.553. The van der Waals surface area contributed by atoms with Gasteiger partial charge in [0, 0.05) is 5.56 Å². The average molecular weight is 267 g/mol. The summed E-state index contributed by atoms with van der Waals surface area (Å²) >= 11 is 0. The van der Waals surface area contributed by atoms with Gasteiger partial charge in [-0.3, -0.25) is 14.8 Å². The number of para-hydroxylation sites is 1. The summed E-state index contributed by atoms with van der Waals surface area (Å²) < 4.78 is 0. The fourth-order valence-electron chi connectivity index (χ4n) is 1.78. The van der Waals surface area contributed by atoms with Gasteiger partial charge in [-0.15, -0.1) is 0 Å². The Bertz CT molecular complexity index is 635. The van der Waals surface area contributed by atoms with Crippen molar-refractivity contribution in [1.82, 2.24) is 0 Å². The van der Waals surface area contributed by atoms with Crippen LogP contribution in [0.2, 0.25) is 0 Å². The summed E-state index contributed by atoms with van der Waals surface area (Å²) in [5.41, 5.74) is 1.27. The summed E-state index contributed by atoms with van der Waals surface area (Å²) in [4.78, 5) is 22.7. The van der Waals surface area contributed by atoms with E-state index in [1.54, 1.807) is 54.6 Å². The van der Waals surface area contributed by atoms with Gasteiger partial charge >= 0.3 is 0 Å². The average Bonchev–Trinajstić information content (AvgIpc) is 2.52. The van der Waals surface area contributed by atoms with Crippen molar-refractivity contribution in [3.63, 3.8) is 0 Å². The van der Waals surface area contributed by atoms with Crippen molar-refractivity contribution < 1.29 is 14.8 Å². The number of amides is 1. The molecule has 2 rings (SSSR count). The molecular formula is C16H13NO3. The summed E-state index contributed by atoms with van der Waals surface area (Å²) in [6, 6.07) is 15.3. The summed E-state index contributed by atoms with van der Waals surface area (Å²) in [5, 5.41) is 10.6. The number of hydrogen-bond acceptors (Lipinski definition) is 3. The first-order valence-electron chi connectivity index (χ1n) is 6.03. The molecule has 0 aliphatic carbocycles. The molecule has 20 heavy (non-hydrogen) atoms. The van der Waals surface area contributed by atoms with Crippen LogP contribution in [-0.2, 0) is 4.79 Å².